The molecule has 0 atom stereocenters. The summed E-state index contributed by atoms with van der Waals surface area (Å²) in [5.74, 6) is 0.707. The molecule has 2 amide bonds. The minimum atomic E-state index is -0.232. The van der Waals surface area contributed by atoms with E-state index >= 15 is 0 Å². The van der Waals surface area contributed by atoms with Crippen molar-refractivity contribution in [2.45, 2.75) is 19.6 Å². The molecule has 0 spiro atoms. The molecule has 0 bridgehead atoms. The first kappa shape index (κ1) is 18.4. The summed E-state index contributed by atoms with van der Waals surface area (Å²) in [5.41, 5.74) is 3.05. The molecule has 0 saturated heterocycles. The van der Waals surface area contributed by atoms with Crippen LogP contribution in [0.2, 0.25) is 0 Å². The molecule has 0 radical (unpaired) electrons. The van der Waals surface area contributed by atoms with Crippen LogP contribution in [0.5, 0.6) is 0 Å². The van der Waals surface area contributed by atoms with Crippen LogP contribution < -0.4 is 10.6 Å². The third kappa shape index (κ3) is 5.04. The molecule has 146 valence electrons. The Bertz CT molecular complexity index is 1060. The molecule has 1 aromatic carbocycles. The lowest BCUT2D eigenvalue weighted by Crippen LogP contribution is -2.34. The van der Waals surface area contributed by atoms with Gasteiger partial charge in [0.2, 0.25) is 0 Å². The van der Waals surface area contributed by atoms with E-state index in [1.54, 1.807) is 28.1 Å². The highest BCUT2D eigenvalue weighted by atomic mass is 16.2. The second-order valence-corrected chi connectivity index (χ2v) is 6.42. The van der Waals surface area contributed by atoms with E-state index in [0.717, 1.165) is 16.7 Å². The highest BCUT2D eigenvalue weighted by Crippen LogP contribution is 2.07. The normalized spacial score (nSPS) is 10.6. The zero-order valence-electron chi connectivity index (χ0n) is 15.6. The van der Waals surface area contributed by atoms with Gasteiger partial charge in [-0.1, -0.05) is 24.3 Å². The lowest BCUT2D eigenvalue weighted by molar-refractivity contribution is 0.240. The minimum absolute atomic E-state index is 0.232. The minimum Gasteiger partial charge on any atom is -0.334 e. The molecule has 29 heavy (non-hydrogen) atoms. The molecule has 0 aliphatic heterocycles. The molecule has 0 aliphatic rings. The van der Waals surface area contributed by atoms with Crippen LogP contribution in [0, 0.1) is 0 Å². The Morgan fingerprint density at radius 2 is 1.76 bits per heavy atom. The van der Waals surface area contributed by atoms with E-state index in [1.165, 1.54) is 6.33 Å². The molecule has 0 saturated carbocycles. The van der Waals surface area contributed by atoms with E-state index in [-0.39, 0.29) is 6.03 Å². The van der Waals surface area contributed by atoms with Gasteiger partial charge in [0.1, 0.15) is 12.7 Å². The lowest BCUT2D eigenvalue weighted by atomic mass is 10.1. The fourth-order valence-electron chi connectivity index (χ4n) is 2.87. The van der Waals surface area contributed by atoms with Gasteiger partial charge in [-0.15, -0.1) is 0 Å². The van der Waals surface area contributed by atoms with Gasteiger partial charge in [-0.3, -0.25) is 0 Å². The van der Waals surface area contributed by atoms with Crippen LogP contribution in [0.1, 0.15) is 16.7 Å². The van der Waals surface area contributed by atoms with Crippen LogP contribution in [0.25, 0.3) is 5.82 Å². The summed E-state index contributed by atoms with van der Waals surface area (Å²) >= 11 is 0. The van der Waals surface area contributed by atoms with E-state index in [0.29, 0.717) is 25.5 Å². The zero-order valence-corrected chi connectivity index (χ0v) is 15.6. The fraction of sp³-hybridized carbons (Fsp3) is 0.150. The molecule has 0 aliphatic carbocycles. The Hall–Kier alpha value is -4.01. The molecule has 2 N–H and O–H groups in total. The van der Waals surface area contributed by atoms with Gasteiger partial charge in [-0.05, 0) is 34.9 Å². The Balaban J connectivity index is 1.28. The van der Waals surface area contributed by atoms with Crippen LogP contribution in [-0.4, -0.2) is 35.6 Å². The number of pyridine rings is 1. The zero-order chi connectivity index (χ0) is 19.9. The molecule has 9 nitrogen and oxygen atoms in total. The molecule has 3 aromatic heterocycles. The van der Waals surface area contributed by atoms with Gasteiger partial charge >= 0.3 is 6.03 Å². The van der Waals surface area contributed by atoms with Crippen LogP contribution >= 0.6 is 0 Å². The van der Waals surface area contributed by atoms with Crippen LogP contribution in [-0.2, 0) is 19.6 Å². The number of rotatable bonds is 7. The van der Waals surface area contributed by atoms with Crippen LogP contribution in [0.4, 0.5) is 4.79 Å². The SMILES string of the molecule is O=C(NCc1cccc(Cn2cncn2)c1)NCc1ccnc(-n2cccn2)c1. The number of nitrogens with zero attached hydrogens (tertiary/aromatic N) is 6. The molecule has 4 aromatic rings. The molecule has 4 rings (SSSR count). The number of carbonyl (C=O) groups excluding carboxylic acids is 1. The first-order valence-electron chi connectivity index (χ1n) is 9.13. The second-order valence-electron chi connectivity index (χ2n) is 6.42. The summed E-state index contributed by atoms with van der Waals surface area (Å²) in [7, 11) is 0. The molecule has 0 fully saturated rings. The Morgan fingerprint density at radius 3 is 2.52 bits per heavy atom. The van der Waals surface area contributed by atoms with E-state index < -0.39 is 0 Å². The summed E-state index contributed by atoms with van der Waals surface area (Å²) in [6, 6.07) is 13.4. The van der Waals surface area contributed by atoms with E-state index in [4.69, 9.17) is 0 Å². The van der Waals surface area contributed by atoms with E-state index in [9.17, 15) is 4.79 Å². The molecule has 3 heterocycles. The number of benzene rings is 1. The maximum absolute atomic E-state index is 12.2. The predicted octanol–water partition coefficient (Wildman–Crippen LogP) is 1.91. The maximum atomic E-state index is 12.2. The highest BCUT2D eigenvalue weighted by Gasteiger charge is 2.04. The number of urea groups is 1. The van der Waals surface area contributed by atoms with Crippen molar-refractivity contribution in [2.75, 3.05) is 0 Å². The summed E-state index contributed by atoms with van der Waals surface area (Å²) in [5, 5.41) is 14.0. The van der Waals surface area contributed by atoms with Gasteiger partial charge in [0, 0.05) is 31.7 Å². The fourth-order valence-corrected chi connectivity index (χ4v) is 2.87. The summed E-state index contributed by atoms with van der Waals surface area (Å²) in [6.07, 6.45) is 8.41. The number of aromatic nitrogens is 6. The summed E-state index contributed by atoms with van der Waals surface area (Å²) < 4.78 is 3.43. The standard InChI is InChI=1S/C20H20N8O/c29-20(24-12-17-5-7-22-19(10-17)28-8-2-6-25-28)23-11-16-3-1-4-18(9-16)13-27-15-21-14-26-27/h1-10,14-15H,11-13H2,(H2,23,24,29). The van der Waals surface area contributed by atoms with Crippen LogP contribution in [0.15, 0.2) is 73.7 Å². The van der Waals surface area contributed by atoms with Gasteiger partial charge < -0.3 is 10.6 Å². The van der Waals surface area contributed by atoms with Crippen molar-refractivity contribution in [3.63, 3.8) is 0 Å². The van der Waals surface area contributed by atoms with Crippen molar-refractivity contribution in [3.8, 4) is 5.82 Å². The van der Waals surface area contributed by atoms with Gasteiger partial charge in [0.05, 0.1) is 6.54 Å². The van der Waals surface area contributed by atoms with E-state index in [1.807, 2.05) is 48.7 Å². The molecular formula is C20H20N8O. The topological polar surface area (TPSA) is 103 Å². The average Bonchev–Trinajstić information content (AvgIpc) is 3.46. The quantitative estimate of drug-likeness (QED) is 0.503. The Kier molecular flexibility index (Phi) is 5.56. The van der Waals surface area contributed by atoms with E-state index in [2.05, 4.69) is 30.8 Å². The van der Waals surface area contributed by atoms with Crippen molar-refractivity contribution in [3.05, 3.63) is 90.4 Å². The highest BCUT2D eigenvalue weighted by molar-refractivity contribution is 5.73. The Morgan fingerprint density at radius 1 is 0.931 bits per heavy atom. The third-order valence-corrected chi connectivity index (χ3v) is 4.26. The lowest BCUT2D eigenvalue weighted by Gasteiger charge is -2.10. The number of hydrogen-bond acceptors (Lipinski definition) is 5. The van der Waals surface area contributed by atoms with Crippen molar-refractivity contribution >= 4 is 6.03 Å². The maximum Gasteiger partial charge on any atom is 0.315 e. The van der Waals surface area contributed by atoms with Crippen molar-refractivity contribution in [1.29, 1.82) is 0 Å². The molecule has 0 unspecified atom stereocenters. The first-order chi connectivity index (χ1) is 14.3. The van der Waals surface area contributed by atoms with Crippen LogP contribution in [0.3, 0.4) is 0 Å². The van der Waals surface area contributed by atoms with Crippen molar-refractivity contribution in [1.82, 2.24) is 40.2 Å². The van der Waals surface area contributed by atoms with Gasteiger partial charge in [-0.2, -0.15) is 10.2 Å². The summed E-state index contributed by atoms with van der Waals surface area (Å²) in [6.45, 7) is 1.47. The van der Waals surface area contributed by atoms with Crippen molar-refractivity contribution < 1.29 is 4.79 Å². The van der Waals surface area contributed by atoms with Gasteiger partial charge in [-0.25, -0.2) is 24.1 Å². The number of nitrogens with one attached hydrogen (secondary N) is 2. The Labute approximate surface area is 167 Å². The molecule has 9 heteroatoms. The van der Waals surface area contributed by atoms with Gasteiger partial charge in [0.25, 0.3) is 0 Å². The average molecular weight is 388 g/mol. The largest absolute Gasteiger partial charge is 0.334 e. The number of amides is 2. The smallest absolute Gasteiger partial charge is 0.315 e. The molecular weight excluding hydrogens is 368 g/mol. The number of hydrogen-bond donors (Lipinski definition) is 2. The summed E-state index contributed by atoms with van der Waals surface area (Å²) in [4.78, 5) is 20.4. The first-order valence-corrected chi connectivity index (χ1v) is 9.13. The third-order valence-electron chi connectivity index (χ3n) is 4.26. The van der Waals surface area contributed by atoms with Gasteiger partial charge in [0.15, 0.2) is 5.82 Å². The monoisotopic (exact) mass is 388 g/mol. The van der Waals surface area contributed by atoms with Crippen molar-refractivity contribution in [2.24, 2.45) is 0 Å². The predicted molar refractivity (Wildman–Crippen MR) is 106 cm³/mol. The second kappa shape index (κ2) is 8.79. The number of carbonyl (C=O) groups is 1.